The Kier molecular flexibility index (Phi) is 5.54. The summed E-state index contributed by atoms with van der Waals surface area (Å²) in [5.74, 6) is -0.972. The summed E-state index contributed by atoms with van der Waals surface area (Å²) in [4.78, 5) is 12.8. The molecule has 1 atom stereocenters. The van der Waals surface area contributed by atoms with E-state index in [-0.39, 0.29) is 17.9 Å². The lowest BCUT2D eigenvalue weighted by molar-refractivity contribution is -0.138. The molecule has 0 amide bonds. The van der Waals surface area contributed by atoms with Gasteiger partial charge in [-0.15, -0.1) is 0 Å². The van der Waals surface area contributed by atoms with Crippen molar-refractivity contribution in [3.05, 3.63) is 0 Å². The summed E-state index contributed by atoms with van der Waals surface area (Å²) in [6.45, 7) is 4.75. The summed E-state index contributed by atoms with van der Waals surface area (Å²) in [6.07, 6.45) is 1.32. The van der Waals surface area contributed by atoms with Crippen molar-refractivity contribution in [3.63, 3.8) is 0 Å². The summed E-state index contributed by atoms with van der Waals surface area (Å²) in [6, 6.07) is 1.78. The van der Waals surface area contributed by atoms with Crippen LogP contribution in [0.2, 0.25) is 0 Å². The molecule has 0 aromatic carbocycles. The molecule has 0 spiro atoms. The second-order valence-electron chi connectivity index (χ2n) is 6.00. The first-order valence-electron chi connectivity index (χ1n) is 6.73. The van der Waals surface area contributed by atoms with Crippen LogP contribution in [0.15, 0.2) is 0 Å². The van der Waals surface area contributed by atoms with E-state index in [2.05, 4.69) is 6.07 Å². The average molecular weight is 302 g/mol. The molecule has 1 N–H and O–H groups in total. The van der Waals surface area contributed by atoms with E-state index in [1.54, 1.807) is 0 Å². The Morgan fingerprint density at radius 1 is 1.50 bits per heavy atom. The van der Waals surface area contributed by atoms with Crippen molar-refractivity contribution in [3.8, 4) is 6.07 Å². The number of carbonyl (C=O) groups is 1. The van der Waals surface area contributed by atoms with E-state index in [4.69, 9.17) is 10.4 Å². The minimum Gasteiger partial charge on any atom is -0.481 e. The SMILES string of the molecule is CC(C)(C#N)CCCN1CCS(=O)(=O)CC1CC(=O)O. The van der Waals surface area contributed by atoms with E-state index >= 15 is 0 Å². The molecular formula is C13H22N2O4S. The monoisotopic (exact) mass is 302 g/mol. The Labute approximate surface area is 120 Å². The van der Waals surface area contributed by atoms with Gasteiger partial charge in [0.1, 0.15) is 0 Å². The lowest BCUT2D eigenvalue weighted by Gasteiger charge is -2.35. The Morgan fingerprint density at radius 3 is 2.70 bits per heavy atom. The largest absolute Gasteiger partial charge is 0.481 e. The molecule has 1 aliphatic rings. The van der Waals surface area contributed by atoms with E-state index < -0.39 is 27.3 Å². The molecule has 20 heavy (non-hydrogen) atoms. The molecule has 0 aromatic rings. The number of hydrogen-bond donors (Lipinski definition) is 1. The number of carboxylic acids is 1. The summed E-state index contributed by atoms with van der Waals surface area (Å²) in [7, 11) is -3.13. The minimum absolute atomic E-state index is 0.0824. The van der Waals surface area contributed by atoms with Gasteiger partial charge in [0.15, 0.2) is 9.84 Å². The van der Waals surface area contributed by atoms with Crippen LogP contribution >= 0.6 is 0 Å². The third-order valence-electron chi connectivity index (χ3n) is 3.61. The number of sulfone groups is 1. The Balaban J connectivity index is 2.58. The highest BCUT2D eigenvalue weighted by molar-refractivity contribution is 7.91. The van der Waals surface area contributed by atoms with Gasteiger partial charge >= 0.3 is 5.97 Å². The van der Waals surface area contributed by atoms with E-state index in [0.29, 0.717) is 19.5 Å². The van der Waals surface area contributed by atoms with Crippen molar-refractivity contribution >= 4 is 15.8 Å². The Morgan fingerprint density at radius 2 is 2.15 bits per heavy atom. The van der Waals surface area contributed by atoms with Crippen molar-refractivity contribution in [1.29, 1.82) is 5.26 Å². The zero-order valence-electron chi connectivity index (χ0n) is 12.0. The molecule has 1 heterocycles. The number of rotatable bonds is 6. The lowest BCUT2D eigenvalue weighted by Crippen LogP contribution is -2.49. The van der Waals surface area contributed by atoms with Crippen LogP contribution in [0.3, 0.4) is 0 Å². The third kappa shape index (κ3) is 5.47. The van der Waals surface area contributed by atoms with Crippen molar-refractivity contribution < 1.29 is 18.3 Å². The summed E-state index contributed by atoms with van der Waals surface area (Å²) in [5, 5.41) is 17.8. The van der Waals surface area contributed by atoms with E-state index in [1.165, 1.54) is 0 Å². The minimum atomic E-state index is -3.13. The fraction of sp³-hybridized carbons (Fsp3) is 0.846. The fourth-order valence-electron chi connectivity index (χ4n) is 2.38. The van der Waals surface area contributed by atoms with Gasteiger partial charge in [0.25, 0.3) is 0 Å². The molecule has 1 saturated heterocycles. The molecule has 1 fully saturated rings. The second-order valence-corrected chi connectivity index (χ2v) is 8.23. The Hall–Kier alpha value is -1.13. The van der Waals surface area contributed by atoms with Gasteiger partial charge in [0.2, 0.25) is 0 Å². The first-order chi connectivity index (χ1) is 9.15. The first-order valence-corrected chi connectivity index (χ1v) is 8.55. The van der Waals surface area contributed by atoms with Crippen molar-refractivity contribution in [1.82, 2.24) is 4.90 Å². The quantitative estimate of drug-likeness (QED) is 0.782. The van der Waals surface area contributed by atoms with E-state index in [9.17, 15) is 13.2 Å². The predicted octanol–water partition coefficient (Wildman–Crippen LogP) is 0.890. The van der Waals surface area contributed by atoms with Gasteiger partial charge < -0.3 is 5.11 Å². The average Bonchev–Trinajstić information content (AvgIpc) is 2.30. The molecule has 7 heteroatoms. The number of nitrogens with zero attached hydrogens (tertiary/aromatic N) is 2. The van der Waals surface area contributed by atoms with Crippen LogP contribution in [0.4, 0.5) is 0 Å². The van der Waals surface area contributed by atoms with Crippen molar-refractivity contribution in [2.24, 2.45) is 5.41 Å². The number of nitriles is 1. The van der Waals surface area contributed by atoms with Gasteiger partial charge in [-0.25, -0.2) is 8.42 Å². The number of carboxylic acid groups (broad SMARTS) is 1. The Bertz CT molecular complexity index is 493. The molecule has 0 aliphatic carbocycles. The zero-order chi connectivity index (χ0) is 15.4. The van der Waals surface area contributed by atoms with E-state index in [1.807, 2.05) is 18.7 Å². The molecule has 0 bridgehead atoms. The maximum atomic E-state index is 11.6. The van der Waals surface area contributed by atoms with Crippen LogP contribution in [0.5, 0.6) is 0 Å². The van der Waals surface area contributed by atoms with E-state index in [0.717, 1.165) is 6.42 Å². The predicted molar refractivity (Wildman–Crippen MR) is 74.9 cm³/mol. The molecule has 1 rings (SSSR count). The highest BCUT2D eigenvalue weighted by Gasteiger charge is 2.32. The summed E-state index contributed by atoms with van der Waals surface area (Å²) >= 11 is 0. The molecule has 1 aliphatic heterocycles. The van der Waals surface area contributed by atoms with Crippen LogP contribution in [0.1, 0.15) is 33.1 Å². The molecule has 0 radical (unpaired) electrons. The van der Waals surface area contributed by atoms with Gasteiger partial charge in [-0.3, -0.25) is 9.69 Å². The molecule has 114 valence electrons. The normalized spacial score (nSPS) is 23.1. The van der Waals surface area contributed by atoms with Gasteiger partial charge in [0.05, 0.1) is 29.4 Å². The highest BCUT2D eigenvalue weighted by Crippen LogP contribution is 2.22. The smallest absolute Gasteiger partial charge is 0.304 e. The van der Waals surface area contributed by atoms with Crippen LogP contribution < -0.4 is 0 Å². The maximum absolute atomic E-state index is 11.6. The van der Waals surface area contributed by atoms with Gasteiger partial charge in [-0.05, 0) is 33.2 Å². The zero-order valence-corrected chi connectivity index (χ0v) is 12.8. The first kappa shape index (κ1) is 16.9. The van der Waals surface area contributed by atoms with Crippen molar-refractivity contribution in [2.45, 2.75) is 39.2 Å². The summed E-state index contributed by atoms with van der Waals surface area (Å²) < 4.78 is 23.2. The molecule has 1 unspecified atom stereocenters. The van der Waals surface area contributed by atoms with Crippen LogP contribution in [-0.4, -0.2) is 55.0 Å². The maximum Gasteiger partial charge on any atom is 0.304 e. The standard InChI is InChI=1S/C13H22N2O4S/c1-13(2,10-14)4-3-5-15-6-7-20(18,19)9-11(15)8-12(16)17/h11H,3-9H2,1-2H3,(H,16,17). The molecule has 0 aromatic heterocycles. The number of hydrogen-bond acceptors (Lipinski definition) is 5. The number of aliphatic carboxylic acids is 1. The summed E-state index contributed by atoms with van der Waals surface area (Å²) in [5.41, 5.74) is -0.399. The van der Waals surface area contributed by atoms with Crippen molar-refractivity contribution in [2.75, 3.05) is 24.6 Å². The molecule has 0 saturated carbocycles. The second kappa shape index (κ2) is 6.55. The highest BCUT2D eigenvalue weighted by atomic mass is 32.2. The third-order valence-corrected chi connectivity index (χ3v) is 5.31. The topological polar surface area (TPSA) is 98.5 Å². The van der Waals surface area contributed by atoms with Crippen LogP contribution in [0, 0.1) is 16.7 Å². The van der Waals surface area contributed by atoms with Crippen LogP contribution in [-0.2, 0) is 14.6 Å². The van der Waals surface area contributed by atoms with Gasteiger partial charge in [-0.1, -0.05) is 0 Å². The van der Waals surface area contributed by atoms with Gasteiger partial charge in [-0.2, -0.15) is 5.26 Å². The van der Waals surface area contributed by atoms with Crippen LogP contribution in [0.25, 0.3) is 0 Å². The molecular weight excluding hydrogens is 280 g/mol. The lowest BCUT2D eigenvalue weighted by atomic mass is 9.89. The molecule has 6 nitrogen and oxygen atoms in total. The van der Waals surface area contributed by atoms with Gasteiger partial charge in [0, 0.05) is 12.6 Å². The fourth-order valence-corrected chi connectivity index (χ4v) is 3.98.